The molecule has 1 aliphatic heterocycles. The number of carbonyl (C=O) groups excluding carboxylic acids is 1. The monoisotopic (exact) mass is 262 g/mol. The van der Waals surface area contributed by atoms with Crippen LogP contribution in [-0.4, -0.2) is 37.0 Å². The third kappa shape index (κ3) is 6.89. The van der Waals surface area contributed by atoms with E-state index in [1.54, 1.807) is 0 Å². The lowest BCUT2D eigenvalue weighted by molar-refractivity contribution is -0.132. The number of nitrogens with one attached hydrogen (secondary N) is 1. The molecule has 0 aromatic rings. The Morgan fingerprint density at radius 1 is 1.24 bits per heavy atom. The van der Waals surface area contributed by atoms with Gasteiger partial charge in [0.15, 0.2) is 0 Å². The zero-order chi connectivity index (χ0) is 12.0. The number of carbonyl (C=O) groups is 1. The van der Waals surface area contributed by atoms with Crippen LogP contribution in [0.15, 0.2) is 0 Å². The second kappa shape index (κ2) is 8.76. The van der Waals surface area contributed by atoms with Crippen LogP contribution in [-0.2, 0) is 4.79 Å². The summed E-state index contributed by atoms with van der Waals surface area (Å²) in [6.45, 7) is 10.4. The van der Waals surface area contributed by atoms with Gasteiger partial charge in [-0.2, -0.15) is 0 Å². The molecule has 1 unspecified atom stereocenters. The van der Waals surface area contributed by atoms with E-state index in [1.165, 1.54) is 0 Å². The van der Waals surface area contributed by atoms with Gasteiger partial charge in [0.05, 0.1) is 0 Å². The SMILES string of the molecule is CC(C)CC(C)CC(=O)N1CCCNCC1.Cl. The summed E-state index contributed by atoms with van der Waals surface area (Å²) in [7, 11) is 0. The molecule has 0 spiro atoms. The maximum absolute atomic E-state index is 12.0. The van der Waals surface area contributed by atoms with Gasteiger partial charge in [0.25, 0.3) is 0 Å². The summed E-state index contributed by atoms with van der Waals surface area (Å²) in [5.74, 6) is 1.55. The minimum absolute atomic E-state index is 0. The number of hydrogen-bond acceptors (Lipinski definition) is 2. The van der Waals surface area contributed by atoms with Crippen LogP contribution in [0.2, 0.25) is 0 Å². The molecule has 0 aromatic carbocycles. The third-order valence-electron chi connectivity index (χ3n) is 3.09. The number of amides is 1. The number of nitrogens with zero attached hydrogens (tertiary/aromatic N) is 1. The molecule has 1 amide bonds. The van der Waals surface area contributed by atoms with Crippen LogP contribution in [0.1, 0.15) is 40.0 Å². The second-order valence-electron chi connectivity index (χ2n) is 5.42. The molecule has 0 bridgehead atoms. The van der Waals surface area contributed by atoms with Gasteiger partial charge in [-0.1, -0.05) is 20.8 Å². The quantitative estimate of drug-likeness (QED) is 0.843. The predicted molar refractivity (Wildman–Crippen MR) is 74.6 cm³/mol. The Hall–Kier alpha value is -0.280. The molecule has 17 heavy (non-hydrogen) atoms. The van der Waals surface area contributed by atoms with E-state index in [0.717, 1.165) is 45.4 Å². The second-order valence-corrected chi connectivity index (χ2v) is 5.42. The highest BCUT2D eigenvalue weighted by Crippen LogP contribution is 2.16. The van der Waals surface area contributed by atoms with Gasteiger partial charge in [-0.15, -0.1) is 12.4 Å². The molecule has 102 valence electrons. The highest BCUT2D eigenvalue weighted by atomic mass is 35.5. The Kier molecular flexibility index (Phi) is 8.61. The van der Waals surface area contributed by atoms with Crippen molar-refractivity contribution in [1.29, 1.82) is 0 Å². The molecule has 0 saturated carbocycles. The van der Waals surface area contributed by atoms with Crippen molar-refractivity contribution >= 4 is 18.3 Å². The molecule has 0 aliphatic carbocycles. The van der Waals surface area contributed by atoms with Gasteiger partial charge < -0.3 is 10.2 Å². The minimum atomic E-state index is 0. The lowest BCUT2D eigenvalue weighted by Gasteiger charge is -2.22. The van der Waals surface area contributed by atoms with Crippen molar-refractivity contribution in [3.8, 4) is 0 Å². The first-order chi connectivity index (χ1) is 7.59. The van der Waals surface area contributed by atoms with Crippen LogP contribution in [0.25, 0.3) is 0 Å². The van der Waals surface area contributed by atoms with E-state index in [-0.39, 0.29) is 12.4 Å². The summed E-state index contributed by atoms with van der Waals surface area (Å²) >= 11 is 0. The van der Waals surface area contributed by atoms with Gasteiger partial charge >= 0.3 is 0 Å². The topological polar surface area (TPSA) is 32.3 Å². The van der Waals surface area contributed by atoms with Crippen molar-refractivity contribution in [3.05, 3.63) is 0 Å². The van der Waals surface area contributed by atoms with E-state index in [0.29, 0.717) is 17.7 Å². The Morgan fingerprint density at radius 3 is 2.59 bits per heavy atom. The van der Waals surface area contributed by atoms with E-state index in [2.05, 4.69) is 26.1 Å². The zero-order valence-corrected chi connectivity index (χ0v) is 12.2. The first-order valence-corrected chi connectivity index (χ1v) is 6.58. The van der Waals surface area contributed by atoms with E-state index < -0.39 is 0 Å². The molecule has 0 radical (unpaired) electrons. The maximum atomic E-state index is 12.0. The summed E-state index contributed by atoms with van der Waals surface area (Å²) in [6.07, 6.45) is 2.96. The van der Waals surface area contributed by atoms with Crippen LogP contribution in [0.4, 0.5) is 0 Å². The molecule has 1 fully saturated rings. The van der Waals surface area contributed by atoms with E-state index in [9.17, 15) is 4.79 Å². The summed E-state index contributed by atoms with van der Waals surface area (Å²) < 4.78 is 0. The Labute approximate surface area is 112 Å². The van der Waals surface area contributed by atoms with Crippen LogP contribution in [0, 0.1) is 11.8 Å². The lowest BCUT2D eigenvalue weighted by Crippen LogP contribution is -2.35. The van der Waals surface area contributed by atoms with Gasteiger partial charge in [-0.25, -0.2) is 0 Å². The van der Waals surface area contributed by atoms with Crippen molar-refractivity contribution in [2.24, 2.45) is 11.8 Å². The van der Waals surface area contributed by atoms with E-state index >= 15 is 0 Å². The highest BCUT2D eigenvalue weighted by Gasteiger charge is 2.18. The van der Waals surface area contributed by atoms with Gasteiger partial charge in [0, 0.05) is 26.1 Å². The maximum Gasteiger partial charge on any atom is 0.222 e. The minimum Gasteiger partial charge on any atom is -0.341 e. The molecule has 1 atom stereocenters. The van der Waals surface area contributed by atoms with Crippen LogP contribution in [0.5, 0.6) is 0 Å². The molecule has 1 N–H and O–H groups in total. The largest absolute Gasteiger partial charge is 0.341 e. The molecule has 1 aliphatic rings. The zero-order valence-electron chi connectivity index (χ0n) is 11.4. The summed E-state index contributed by atoms with van der Waals surface area (Å²) in [4.78, 5) is 14.1. The standard InChI is InChI=1S/C13H26N2O.ClH/c1-11(2)9-12(3)10-13(16)15-7-4-5-14-6-8-15;/h11-12,14H,4-10H2,1-3H3;1H. The molecule has 4 heteroatoms. The fraction of sp³-hybridized carbons (Fsp3) is 0.923. The van der Waals surface area contributed by atoms with Crippen molar-refractivity contribution < 1.29 is 4.79 Å². The van der Waals surface area contributed by atoms with Crippen molar-refractivity contribution in [1.82, 2.24) is 10.2 Å². The van der Waals surface area contributed by atoms with Crippen LogP contribution in [0.3, 0.4) is 0 Å². The van der Waals surface area contributed by atoms with Crippen molar-refractivity contribution in [2.45, 2.75) is 40.0 Å². The number of halogens is 1. The fourth-order valence-corrected chi connectivity index (χ4v) is 2.41. The van der Waals surface area contributed by atoms with Gasteiger partial charge in [0.2, 0.25) is 5.91 Å². The van der Waals surface area contributed by atoms with Gasteiger partial charge in [-0.3, -0.25) is 4.79 Å². The predicted octanol–water partition coefficient (Wildman–Crippen LogP) is 2.30. The first kappa shape index (κ1) is 16.7. The van der Waals surface area contributed by atoms with Gasteiger partial charge in [0.1, 0.15) is 0 Å². The highest BCUT2D eigenvalue weighted by molar-refractivity contribution is 5.85. The van der Waals surface area contributed by atoms with Crippen molar-refractivity contribution in [2.75, 3.05) is 26.2 Å². The number of rotatable bonds is 4. The molecule has 3 nitrogen and oxygen atoms in total. The lowest BCUT2D eigenvalue weighted by atomic mass is 9.95. The van der Waals surface area contributed by atoms with E-state index in [1.807, 2.05) is 4.90 Å². The average Bonchev–Trinajstić information content (AvgIpc) is 2.43. The van der Waals surface area contributed by atoms with E-state index in [4.69, 9.17) is 0 Å². The van der Waals surface area contributed by atoms with Crippen molar-refractivity contribution in [3.63, 3.8) is 0 Å². The Bertz CT molecular complexity index is 213. The molecule has 1 saturated heterocycles. The number of hydrogen-bond donors (Lipinski definition) is 1. The smallest absolute Gasteiger partial charge is 0.222 e. The van der Waals surface area contributed by atoms with Gasteiger partial charge in [-0.05, 0) is 31.2 Å². The summed E-state index contributed by atoms with van der Waals surface area (Å²) in [5.41, 5.74) is 0. The summed E-state index contributed by atoms with van der Waals surface area (Å²) in [6, 6.07) is 0. The third-order valence-corrected chi connectivity index (χ3v) is 3.09. The Morgan fingerprint density at radius 2 is 1.94 bits per heavy atom. The first-order valence-electron chi connectivity index (χ1n) is 6.58. The molecular weight excluding hydrogens is 236 g/mol. The average molecular weight is 263 g/mol. The summed E-state index contributed by atoms with van der Waals surface area (Å²) in [5, 5.41) is 3.32. The van der Waals surface area contributed by atoms with Crippen LogP contribution >= 0.6 is 12.4 Å². The fourth-order valence-electron chi connectivity index (χ4n) is 2.41. The molecular formula is C13H27ClN2O. The normalized spacial score (nSPS) is 18.5. The van der Waals surface area contributed by atoms with Crippen LogP contribution < -0.4 is 5.32 Å². The molecule has 1 rings (SSSR count). The molecule has 1 heterocycles. The Balaban J connectivity index is 0.00000256. The molecule has 0 aromatic heterocycles.